The zero-order chi connectivity index (χ0) is 19.0. The van der Waals surface area contributed by atoms with Crippen LogP contribution in [0.25, 0.3) is 0 Å². The van der Waals surface area contributed by atoms with Crippen molar-refractivity contribution in [3.63, 3.8) is 0 Å². The van der Waals surface area contributed by atoms with Gasteiger partial charge in [0.15, 0.2) is 0 Å². The third kappa shape index (κ3) is 2.87. The molecule has 4 amide bonds. The summed E-state index contributed by atoms with van der Waals surface area (Å²) < 4.78 is 0. The number of anilines is 1. The summed E-state index contributed by atoms with van der Waals surface area (Å²) in [5.74, 6) is -0.745. The van der Waals surface area contributed by atoms with Gasteiger partial charge in [-0.3, -0.25) is 14.5 Å². The Balaban J connectivity index is 1.51. The molecule has 2 aromatic carbocycles. The molecule has 0 saturated carbocycles. The van der Waals surface area contributed by atoms with Crippen molar-refractivity contribution in [2.75, 3.05) is 11.9 Å². The van der Waals surface area contributed by atoms with E-state index >= 15 is 0 Å². The molecule has 1 atom stereocenters. The van der Waals surface area contributed by atoms with Crippen molar-refractivity contribution in [3.05, 3.63) is 65.2 Å². The van der Waals surface area contributed by atoms with Gasteiger partial charge >= 0.3 is 6.03 Å². The van der Waals surface area contributed by atoms with E-state index in [1.54, 1.807) is 6.07 Å². The summed E-state index contributed by atoms with van der Waals surface area (Å²) in [4.78, 5) is 38.9. The zero-order valence-corrected chi connectivity index (χ0v) is 15.1. The lowest BCUT2D eigenvalue weighted by Crippen LogP contribution is -2.43. The quantitative estimate of drug-likeness (QED) is 0.820. The second-order valence-corrected chi connectivity index (χ2v) is 6.99. The number of amides is 4. The maximum atomic E-state index is 13.1. The highest BCUT2D eigenvalue weighted by atomic mass is 16.2. The third-order valence-corrected chi connectivity index (χ3v) is 5.34. The first-order valence-corrected chi connectivity index (χ1v) is 9.15. The Morgan fingerprint density at radius 3 is 2.81 bits per heavy atom. The number of hydrogen-bond acceptors (Lipinski definition) is 3. The van der Waals surface area contributed by atoms with E-state index in [0.29, 0.717) is 12.1 Å². The molecule has 0 radical (unpaired) electrons. The summed E-state index contributed by atoms with van der Waals surface area (Å²) >= 11 is 0. The van der Waals surface area contributed by atoms with E-state index in [0.717, 1.165) is 34.4 Å². The molecule has 2 aliphatic rings. The van der Waals surface area contributed by atoms with Crippen LogP contribution >= 0.6 is 0 Å². The average Bonchev–Trinajstić information content (AvgIpc) is 3.15. The molecule has 27 heavy (non-hydrogen) atoms. The van der Waals surface area contributed by atoms with Gasteiger partial charge in [0.25, 0.3) is 5.91 Å². The summed E-state index contributed by atoms with van der Waals surface area (Å²) in [6.45, 7) is 1.73. The summed E-state index contributed by atoms with van der Waals surface area (Å²) in [6, 6.07) is 14.6. The van der Waals surface area contributed by atoms with Crippen LogP contribution in [0.3, 0.4) is 0 Å². The lowest BCUT2D eigenvalue weighted by Gasteiger charge is -2.22. The number of hydrogen-bond donors (Lipinski definition) is 2. The van der Waals surface area contributed by atoms with Gasteiger partial charge < -0.3 is 10.6 Å². The number of carbonyl (C=O) groups excluding carboxylic acids is 3. The molecule has 0 unspecified atom stereocenters. The predicted molar refractivity (Wildman–Crippen MR) is 101 cm³/mol. The summed E-state index contributed by atoms with van der Waals surface area (Å²) in [5, 5.41) is 5.60. The number of nitrogens with zero attached hydrogens (tertiary/aromatic N) is 1. The molecule has 6 heteroatoms. The molecule has 0 aromatic heterocycles. The van der Waals surface area contributed by atoms with Crippen LogP contribution in [0, 0.1) is 0 Å². The molecule has 0 bridgehead atoms. The first kappa shape index (κ1) is 17.3. The maximum absolute atomic E-state index is 13.1. The van der Waals surface area contributed by atoms with Crippen molar-refractivity contribution in [2.45, 2.75) is 31.7 Å². The highest BCUT2D eigenvalue weighted by molar-refractivity contribution is 6.10. The number of urea groups is 1. The molecule has 1 fully saturated rings. The van der Waals surface area contributed by atoms with Gasteiger partial charge in [-0.2, -0.15) is 0 Å². The molecule has 2 N–H and O–H groups in total. The van der Waals surface area contributed by atoms with Crippen LogP contribution in [-0.2, 0) is 28.0 Å². The molecule has 1 aliphatic carbocycles. The van der Waals surface area contributed by atoms with Gasteiger partial charge in [0, 0.05) is 5.69 Å². The van der Waals surface area contributed by atoms with Crippen LogP contribution in [0.4, 0.5) is 10.5 Å². The lowest BCUT2D eigenvalue weighted by atomic mass is 9.92. The van der Waals surface area contributed by atoms with Crippen molar-refractivity contribution >= 4 is 23.5 Å². The van der Waals surface area contributed by atoms with Crippen molar-refractivity contribution in [3.8, 4) is 0 Å². The van der Waals surface area contributed by atoms with Gasteiger partial charge in [-0.25, -0.2) is 4.79 Å². The van der Waals surface area contributed by atoms with E-state index in [4.69, 9.17) is 0 Å². The minimum Gasteiger partial charge on any atom is -0.325 e. The molecular weight excluding hydrogens is 342 g/mol. The number of benzene rings is 2. The Morgan fingerprint density at radius 1 is 1.19 bits per heavy atom. The predicted octanol–water partition coefficient (Wildman–Crippen LogP) is 2.58. The van der Waals surface area contributed by atoms with E-state index in [2.05, 4.69) is 10.6 Å². The molecule has 1 saturated heterocycles. The second kappa shape index (κ2) is 6.54. The summed E-state index contributed by atoms with van der Waals surface area (Å²) in [7, 11) is 0. The Hall–Kier alpha value is -3.15. The van der Waals surface area contributed by atoms with Gasteiger partial charge in [-0.1, -0.05) is 43.3 Å². The third-order valence-electron chi connectivity index (χ3n) is 5.34. The van der Waals surface area contributed by atoms with Crippen molar-refractivity contribution in [1.82, 2.24) is 10.2 Å². The number of imide groups is 1. The fourth-order valence-electron chi connectivity index (χ4n) is 3.95. The van der Waals surface area contributed by atoms with Crippen LogP contribution in [0.5, 0.6) is 0 Å². The Bertz CT molecular complexity index is 940. The summed E-state index contributed by atoms with van der Waals surface area (Å²) in [6.07, 6.45) is 2.11. The first-order valence-electron chi connectivity index (χ1n) is 9.15. The van der Waals surface area contributed by atoms with E-state index < -0.39 is 17.5 Å². The molecule has 1 spiro atoms. The van der Waals surface area contributed by atoms with Crippen molar-refractivity contribution < 1.29 is 14.4 Å². The number of carbonyl (C=O) groups is 3. The normalized spacial score (nSPS) is 20.7. The zero-order valence-electron chi connectivity index (χ0n) is 15.1. The van der Waals surface area contributed by atoms with Gasteiger partial charge in [0.2, 0.25) is 5.91 Å². The van der Waals surface area contributed by atoms with Gasteiger partial charge in [0.1, 0.15) is 12.1 Å². The first-order chi connectivity index (χ1) is 13.0. The van der Waals surface area contributed by atoms with Crippen LogP contribution in [-0.4, -0.2) is 29.3 Å². The molecule has 1 heterocycles. The van der Waals surface area contributed by atoms with Crippen molar-refractivity contribution in [1.29, 1.82) is 0 Å². The average molecular weight is 363 g/mol. The van der Waals surface area contributed by atoms with E-state index in [1.807, 2.05) is 49.4 Å². The topological polar surface area (TPSA) is 78.5 Å². The smallest absolute Gasteiger partial charge is 0.325 e. The van der Waals surface area contributed by atoms with E-state index in [1.165, 1.54) is 0 Å². The lowest BCUT2D eigenvalue weighted by molar-refractivity contribution is -0.134. The molecular formula is C21H21N3O3. The van der Waals surface area contributed by atoms with E-state index in [9.17, 15) is 14.4 Å². The van der Waals surface area contributed by atoms with Crippen LogP contribution in [0.15, 0.2) is 48.5 Å². The van der Waals surface area contributed by atoms with Gasteiger partial charge in [-0.15, -0.1) is 0 Å². The SMILES string of the molecule is CCc1cccc(NC(=O)CN2C(=O)N[C@@]3(CCc4ccccc43)C2=O)c1. The van der Waals surface area contributed by atoms with Crippen molar-refractivity contribution in [2.24, 2.45) is 0 Å². The van der Waals surface area contributed by atoms with Crippen LogP contribution in [0.2, 0.25) is 0 Å². The minimum absolute atomic E-state index is 0.301. The Kier molecular flexibility index (Phi) is 4.18. The Labute approximate surface area is 157 Å². The number of rotatable bonds is 4. The maximum Gasteiger partial charge on any atom is 0.325 e. The molecule has 4 rings (SSSR count). The second-order valence-electron chi connectivity index (χ2n) is 6.99. The summed E-state index contributed by atoms with van der Waals surface area (Å²) in [5.41, 5.74) is 2.63. The van der Waals surface area contributed by atoms with Crippen LogP contribution < -0.4 is 10.6 Å². The Morgan fingerprint density at radius 2 is 2.00 bits per heavy atom. The molecule has 1 aliphatic heterocycles. The van der Waals surface area contributed by atoms with Gasteiger partial charge in [0.05, 0.1) is 0 Å². The molecule has 138 valence electrons. The molecule has 2 aromatic rings. The number of fused-ring (bicyclic) bond motifs is 2. The standard InChI is InChI=1S/C21H21N3O3/c1-2-14-6-5-8-16(12-14)22-18(25)13-24-19(26)21(23-20(24)27)11-10-15-7-3-4-9-17(15)21/h3-9,12H,2,10-11,13H2,1H3,(H,22,25)(H,23,27)/t21-/m1/s1. The largest absolute Gasteiger partial charge is 0.325 e. The highest BCUT2D eigenvalue weighted by Gasteiger charge is 2.55. The molecule has 6 nitrogen and oxygen atoms in total. The number of aryl methyl sites for hydroxylation is 2. The number of nitrogens with one attached hydrogen (secondary N) is 2. The van der Waals surface area contributed by atoms with Crippen LogP contribution in [0.1, 0.15) is 30.0 Å². The minimum atomic E-state index is -1.03. The van der Waals surface area contributed by atoms with Gasteiger partial charge in [-0.05, 0) is 48.1 Å². The fraction of sp³-hybridized carbons (Fsp3) is 0.286. The van der Waals surface area contributed by atoms with E-state index in [-0.39, 0.29) is 12.5 Å². The highest BCUT2D eigenvalue weighted by Crippen LogP contribution is 2.41. The monoisotopic (exact) mass is 363 g/mol. The fourth-order valence-corrected chi connectivity index (χ4v) is 3.95.